The lowest BCUT2D eigenvalue weighted by molar-refractivity contribution is -0.00456. The maximum atomic E-state index is 12.8. The molecule has 0 aromatic heterocycles. The van der Waals surface area contributed by atoms with Crippen molar-refractivity contribution in [3.05, 3.63) is 59.4 Å². The molecule has 0 atom stereocenters. The normalized spacial score (nSPS) is 26.8. The molecule has 2 saturated carbocycles. The lowest BCUT2D eigenvalue weighted by Crippen LogP contribution is -2.25. The van der Waals surface area contributed by atoms with E-state index in [1.54, 1.807) is 6.08 Å². The molecule has 32 heavy (non-hydrogen) atoms. The van der Waals surface area contributed by atoms with Crippen molar-refractivity contribution in [2.24, 2.45) is 11.8 Å². The zero-order valence-electron chi connectivity index (χ0n) is 19.8. The topological polar surface area (TPSA) is 33.0 Å². The minimum absolute atomic E-state index is 0.379. The fourth-order valence-corrected chi connectivity index (χ4v) is 5.25. The highest BCUT2D eigenvalue weighted by atomic mass is 19.1. The van der Waals surface area contributed by atoms with Gasteiger partial charge in [0.2, 0.25) is 0 Å². The minimum Gasteiger partial charge on any atom is -0.378 e. The molecule has 0 spiro atoms. The number of ether oxygens (including phenoxy) is 1. The van der Waals surface area contributed by atoms with Crippen LogP contribution in [0.25, 0.3) is 0 Å². The molecule has 0 aliphatic heterocycles. The summed E-state index contributed by atoms with van der Waals surface area (Å²) in [6.45, 7) is 3.17. The van der Waals surface area contributed by atoms with Gasteiger partial charge in [-0.1, -0.05) is 56.2 Å². The van der Waals surface area contributed by atoms with Crippen LogP contribution in [0.3, 0.4) is 0 Å². The van der Waals surface area contributed by atoms with Gasteiger partial charge in [0.15, 0.2) is 5.83 Å². The average Bonchev–Trinajstić information content (AvgIpc) is 2.84. The van der Waals surface area contributed by atoms with Crippen LogP contribution in [0.2, 0.25) is 0 Å². The predicted octanol–water partition coefficient (Wildman–Crippen LogP) is 8.20. The summed E-state index contributed by atoms with van der Waals surface area (Å²) >= 11 is 0. The number of rotatable bonds is 10. The van der Waals surface area contributed by atoms with Crippen LogP contribution in [0.4, 0.5) is 4.39 Å². The van der Waals surface area contributed by atoms with Crippen molar-refractivity contribution in [1.29, 1.82) is 5.26 Å². The summed E-state index contributed by atoms with van der Waals surface area (Å²) < 4.78 is 19.1. The number of hydrogen-bond acceptors (Lipinski definition) is 2. The summed E-state index contributed by atoms with van der Waals surface area (Å²) in [5, 5.41) is 8.44. The highest BCUT2D eigenvalue weighted by Crippen LogP contribution is 2.37. The van der Waals surface area contributed by atoms with E-state index in [-0.39, 0.29) is 0 Å². The second kappa shape index (κ2) is 13.6. The van der Waals surface area contributed by atoms with Crippen LogP contribution in [0.15, 0.2) is 48.3 Å². The Hall–Kier alpha value is -1.92. The molecule has 2 nitrogen and oxygen atoms in total. The fourth-order valence-electron chi connectivity index (χ4n) is 5.25. The third-order valence-electron chi connectivity index (χ3n) is 7.39. The highest BCUT2D eigenvalue weighted by molar-refractivity contribution is 5.26. The quantitative estimate of drug-likeness (QED) is 0.210. The Morgan fingerprint density at radius 2 is 1.75 bits per heavy atom. The first-order chi connectivity index (χ1) is 15.7. The molecule has 1 aromatic carbocycles. The van der Waals surface area contributed by atoms with Gasteiger partial charge in [0.1, 0.15) is 6.07 Å². The van der Waals surface area contributed by atoms with Gasteiger partial charge in [-0.2, -0.15) is 9.65 Å². The number of hydrogen-bond donors (Lipinski definition) is 0. The third-order valence-corrected chi connectivity index (χ3v) is 7.39. The molecule has 3 rings (SSSR count). The standard InChI is InChI=1S/C29H40FNO/c1-2-3-4-6-23-9-15-26(16-10-23)27-17-11-25(12-18-27)22-32-29-19-13-24(14-20-29)7-5-8-28(30)21-31/h5,7-10,15-16,24-25,27,29H,2-4,6,11-14,17-20,22H2,1H3/b7-5+,28-8-. The van der Waals surface area contributed by atoms with Crippen molar-refractivity contribution in [3.8, 4) is 6.07 Å². The zero-order chi connectivity index (χ0) is 22.6. The third kappa shape index (κ3) is 8.21. The van der Waals surface area contributed by atoms with E-state index in [9.17, 15) is 4.39 Å². The van der Waals surface area contributed by atoms with Crippen LogP contribution in [0, 0.1) is 23.2 Å². The minimum atomic E-state index is -0.729. The number of allylic oxidation sites excluding steroid dienone is 4. The van der Waals surface area contributed by atoms with E-state index >= 15 is 0 Å². The molecule has 0 saturated heterocycles. The first-order valence-electron chi connectivity index (χ1n) is 12.8. The van der Waals surface area contributed by atoms with Gasteiger partial charge in [-0.3, -0.25) is 0 Å². The number of halogens is 1. The van der Waals surface area contributed by atoms with E-state index < -0.39 is 5.83 Å². The Morgan fingerprint density at radius 3 is 2.41 bits per heavy atom. The summed E-state index contributed by atoms with van der Waals surface area (Å²) in [5.74, 6) is 1.17. The number of aryl methyl sites for hydroxylation is 1. The fraction of sp³-hybridized carbons (Fsp3) is 0.621. The molecule has 174 valence electrons. The Balaban J connectivity index is 1.32. The zero-order valence-corrected chi connectivity index (χ0v) is 19.8. The molecule has 2 fully saturated rings. The number of benzene rings is 1. The molecule has 2 aliphatic rings. The summed E-state index contributed by atoms with van der Waals surface area (Å²) in [6, 6.07) is 11.0. The summed E-state index contributed by atoms with van der Waals surface area (Å²) in [5.41, 5.74) is 3.01. The molecule has 3 heteroatoms. The van der Waals surface area contributed by atoms with Gasteiger partial charge in [0.25, 0.3) is 0 Å². The summed E-state index contributed by atoms with van der Waals surface area (Å²) in [6.07, 6.45) is 19.9. The van der Waals surface area contributed by atoms with Crippen molar-refractivity contribution in [2.45, 2.75) is 96.0 Å². The number of nitrogens with zero attached hydrogens (tertiary/aromatic N) is 1. The molecule has 0 radical (unpaired) electrons. The van der Waals surface area contributed by atoms with Crippen LogP contribution in [0.1, 0.15) is 94.6 Å². The molecular weight excluding hydrogens is 397 g/mol. The van der Waals surface area contributed by atoms with Crippen LogP contribution in [-0.4, -0.2) is 12.7 Å². The second-order valence-corrected chi connectivity index (χ2v) is 9.80. The first-order valence-corrected chi connectivity index (χ1v) is 12.8. The van der Waals surface area contributed by atoms with E-state index in [0.717, 1.165) is 38.2 Å². The number of nitriles is 1. The smallest absolute Gasteiger partial charge is 0.199 e. The monoisotopic (exact) mass is 437 g/mol. The van der Waals surface area contributed by atoms with Gasteiger partial charge in [-0.15, -0.1) is 0 Å². The van der Waals surface area contributed by atoms with E-state index in [4.69, 9.17) is 10.00 Å². The highest BCUT2D eigenvalue weighted by Gasteiger charge is 2.25. The molecule has 0 unspecified atom stereocenters. The predicted molar refractivity (Wildman–Crippen MR) is 130 cm³/mol. The van der Waals surface area contributed by atoms with Gasteiger partial charge < -0.3 is 4.74 Å². The van der Waals surface area contributed by atoms with E-state index in [1.165, 1.54) is 74.6 Å². The van der Waals surface area contributed by atoms with Crippen LogP contribution in [0.5, 0.6) is 0 Å². The molecule has 1 aromatic rings. The Bertz CT molecular complexity index is 759. The van der Waals surface area contributed by atoms with Crippen molar-refractivity contribution >= 4 is 0 Å². The van der Waals surface area contributed by atoms with E-state index in [1.807, 2.05) is 6.08 Å². The molecule has 0 bridgehead atoms. The van der Waals surface area contributed by atoms with Crippen molar-refractivity contribution in [2.75, 3.05) is 6.61 Å². The van der Waals surface area contributed by atoms with Crippen LogP contribution in [-0.2, 0) is 11.2 Å². The van der Waals surface area contributed by atoms with Crippen molar-refractivity contribution < 1.29 is 9.13 Å². The molecule has 0 heterocycles. The summed E-state index contributed by atoms with van der Waals surface area (Å²) in [4.78, 5) is 0. The Morgan fingerprint density at radius 1 is 1.03 bits per heavy atom. The van der Waals surface area contributed by atoms with Crippen LogP contribution >= 0.6 is 0 Å². The molecule has 0 amide bonds. The van der Waals surface area contributed by atoms with E-state index in [0.29, 0.717) is 17.9 Å². The Labute approximate surface area is 194 Å². The second-order valence-electron chi connectivity index (χ2n) is 9.80. The van der Waals surface area contributed by atoms with E-state index in [2.05, 4.69) is 31.2 Å². The maximum absolute atomic E-state index is 12.8. The largest absolute Gasteiger partial charge is 0.378 e. The lowest BCUT2D eigenvalue weighted by Gasteiger charge is -2.32. The molecule has 0 N–H and O–H groups in total. The Kier molecular flexibility index (Phi) is 10.5. The van der Waals surface area contributed by atoms with Crippen molar-refractivity contribution in [1.82, 2.24) is 0 Å². The summed E-state index contributed by atoms with van der Waals surface area (Å²) in [7, 11) is 0. The number of unbranched alkanes of at least 4 members (excludes halogenated alkanes) is 2. The van der Waals surface area contributed by atoms with Gasteiger partial charge in [-0.25, -0.2) is 0 Å². The van der Waals surface area contributed by atoms with Gasteiger partial charge in [0, 0.05) is 6.61 Å². The molecule has 2 aliphatic carbocycles. The van der Waals surface area contributed by atoms with Gasteiger partial charge >= 0.3 is 0 Å². The van der Waals surface area contributed by atoms with Crippen LogP contribution < -0.4 is 0 Å². The first kappa shape index (κ1) is 24.7. The maximum Gasteiger partial charge on any atom is 0.199 e. The lowest BCUT2D eigenvalue weighted by atomic mass is 9.78. The van der Waals surface area contributed by atoms with Crippen molar-refractivity contribution in [3.63, 3.8) is 0 Å². The average molecular weight is 438 g/mol. The van der Waals surface area contributed by atoms with Gasteiger partial charge in [-0.05, 0) is 99.2 Å². The van der Waals surface area contributed by atoms with Gasteiger partial charge in [0.05, 0.1) is 6.10 Å². The molecular formula is C29H40FNO. The SMILES string of the molecule is CCCCCc1ccc(C2CCC(COC3CCC(/C=C/C=C(\F)C#N)CC3)CC2)cc1.